The Morgan fingerprint density at radius 3 is 2.42 bits per heavy atom. The van der Waals surface area contributed by atoms with Crippen molar-refractivity contribution in [2.24, 2.45) is 40.2 Å². The van der Waals surface area contributed by atoms with Gasteiger partial charge >= 0.3 is 5.97 Å². The molecule has 60 heavy (non-hydrogen) atoms. The zero-order valence-corrected chi connectivity index (χ0v) is 36.8. The first kappa shape index (κ1) is 48.4. The zero-order chi connectivity index (χ0) is 43.0. The highest BCUT2D eigenvalue weighted by Crippen LogP contribution is 2.63. The highest BCUT2D eigenvalue weighted by atomic mass is 16.5. The Bertz CT molecular complexity index is 1310. The fourth-order valence-corrected chi connectivity index (χ4v) is 13.2. The maximum absolute atomic E-state index is 12.9. The van der Waals surface area contributed by atoms with E-state index >= 15 is 0 Å². The van der Waals surface area contributed by atoms with Crippen molar-refractivity contribution in [3.05, 3.63) is 0 Å². The van der Waals surface area contributed by atoms with Crippen molar-refractivity contribution in [2.75, 3.05) is 40.1 Å². The molecule has 0 aromatic heterocycles. The fraction of sp³-hybridized carbons (Fsp3) is 0.978. The van der Waals surface area contributed by atoms with Gasteiger partial charge in [0.25, 0.3) is 0 Å². The van der Waals surface area contributed by atoms with Crippen molar-refractivity contribution < 1.29 is 54.4 Å². The number of aliphatic carboxylic acids is 1. The third-order valence-electron chi connectivity index (χ3n) is 16.0. The van der Waals surface area contributed by atoms with E-state index in [1.165, 1.54) is 0 Å². The summed E-state index contributed by atoms with van der Waals surface area (Å²) in [6.07, 6.45) is 8.86. The van der Waals surface area contributed by atoms with Crippen molar-refractivity contribution in [1.82, 2.24) is 16.0 Å². The number of nitrogens with two attached hydrogens (primary N) is 1. The summed E-state index contributed by atoms with van der Waals surface area (Å²) >= 11 is 0. The second kappa shape index (κ2) is 22.2. The Hall–Kier alpha value is -1.05. The van der Waals surface area contributed by atoms with E-state index in [2.05, 4.69) is 22.9 Å². The number of hydrogen-bond donors (Lipinski definition) is 10. The van der Waals surface area contributed by atoms with E-state index in [-0.39, 0.29) is 80.2 Å². The maximum Gasteiger partial charge on any atom is 0.303 e. The van der Waals surface area contributed by atoms with Crippen LogP contribution in [0.5, 0.6) is 0 Å². The van der Waals surface area contributed by atoms with Crippen LogP contribution < -0.4 is 21.7 Å². The van der Waals surface area contributed by atoms with Crippen LogP contribution in [-0.4, -0.2) is 150 Å². The van der Waals surface area contributed by atoms with Crippen LogP contribution in [0.4, 0.5) is 0 Å². The lowest BCUT2D eigenvalue weighted by Crippen LogP contribution is -2.66. The minimum atomic E-state index is -0.899. The number of nitrogens with one attached hydrogen (secondary N) is 3. The summed E-state index contributed by atoms with van der Waals surface area (Å²) in [5, 5.41) is 74.6. The van der Waals surface area contributed by atoms with Gasteiger partial charge in [-0.25, -0.2) is 0 Å². The van der Waals surface area contributed by atoms with Crippen molar-refractivity contribution in [3.63, 3.8) is 0 Å². The highest BCUT2D eigenvalue weighted by molar-refractivity contribution is 5.68. The average Bonchev–Trinajstić information content (AvgIpc) is 3.67. The molecule has 3 aliphatic carbocycles. The SMILES string of the molecule is COC1CC([C@@H]2O[C@@H](CCC3CCC(O)C(OCNC[C@H](C)O)C3)C[C@H](O)[C@@H]2CCO)CC(OC[C@H]2N[C@H](C)CC3(CCCC3)[C@]2(CC(=O)O)CC2CCNC(N)C2)C1O. The summed E-state index contributed by atoms with van der Waals surface area (Å²) in [6.45, 7) is 5.61. The second-order valence-corrected chi connectivity index (χ2v) is 20.2. The molecule has 0 aromatic rings. The molecular weight excluding hydrogens is 773 g/mol. The molecule has 0 aromatic carbocycles. The normalized spacial score (nSPS) is 42.9. The molecule has 6 aliphatic rings. The van der Waals surface area contributed by atoms with Gasteiger partial charge in [-0.1, -0.05) is 12.8 Å². The van der Waals surface area contributed by atoms with Gasteiger partial charge in [0.2, 0.25) is 0 Å². The molecule has 3 aliphatic heterocycles. The van der Waals surface area contributed by atoms with E-state index in [1.54, 1.807) is 14.0 Å². The molecule has 3 saturated carbocycles. The molecule has 15 nitrogen and oxygen atoms in total. The Balaban J connectivity index is 1.15. The third kappa shape index (κ3) is 11.8. The van der Waals surface area contributed by atoms with Crippen LogP contribution in [0.25, 0.3) is 0 Å². The first-order valence-electron chi connectivity index (χ1n) is 23.7. The van der Waals surface area contributed by atoms with Gasteiger partial charge < -0.3 is 66.0 Å². The van der Waals surface area contributed by atoms with E-state index in [9.17, 15) is 35.4 Å². The first-order valence-corrected chi connectivity index (χ1v) is 23.7. The van der Waals surface area contributed by atoms with Gasteiger partial charge in [0.1, 0.15) is 6.10 Å². The number of aliphatic hydroxyl groups is 5. The molecule has 0 bridgehead atoms. The molecule has 6 rings (SSSR count). The van der Waals surface area contributed by atoms with E-state index in [4.69, 9.17) is 24.7 Å². The fourth-order valence-electron chi connectivity index (χ4n) is 13.2. The highest BCUT2D eigenvalue weighted by Gasteiger charge is 2.61. The Kier molecular flexibility index (Phi) is 17.9. The number of hydrogen-bond acceptors (Lipinski definition) is 14. The topological polar surface area (TPSA) is 237 Å². The molecule has 1 spiro atoms. The minimum absolute atomic E-state index is 0.0603. The summed E-state index contributed by atoms with van der Waals surface area (Å²) in [6, 6.07) is -0.0476. The van der Waals surface area contributed by atoms with Crippen LogP contribution in [0.2, 0.25) is 0 Å². The summed E-state index contributed by atoms with van der Waals surface area (Å²) in [5.41, 5.74) is 5.75. The van der Waals surface area contributed by atoms with Crippen LogP contribution in [0.3, 0.4) is 0 Å². The van der Waals surface area contributed by atoms with Crippen LogP contribution in [-0.2, 0) is 23.7 Å². The lowest BCUT2D eigenvalue weighted by Gasteiger charge is -2.60. The average molecular weight is 855 g/mol. The van der Waals surface area contributed by atoms with Crippen LogP contribution in [0.1, 0.15) is 129 Å². The molecule has 0 radical (unpaired) electrons. The standard InChI is InChI=1S/C45H82N4O11/c1-27-21-44(12-4-5-13-44)45(23-41(54)55,22-30-10-14-48-40(46)17-30)39(49-27)25-58-38-19-31(18-37(57-3)42(38)56)43-33(11-15-50)35(53)20-32(60-43)8-6-29-7-9-34(52)36(16-29)59-26-47-24-28(2)51/h27-40,42-43,47-53,56H,4-26,46H2,1-3H3,(H,54,55)/t27-,28+,29?,30?,31?,32+,33+,34?,35+,36?,37?,38?,39-,40?,42?,43+,45+/m1/s1. The zero-order valence-electron chi connectivity index (χ0n) is 36.8. The van der Waals surface area contributed by atoms with Crippen molar-refractivity contribution in [1.29, 1.82) is 0 Å². The molecular formula is C45H82N4O11. The predicted molar refractivity (Wildman–Crippen MR) is 226 cm³/mol. The number of carboxylic acids is 1. The van der Waals surface area contributed by atoms with Crippen LogP contribution in [0.15, 0.2) is 0 Å². The van der Waals surface area contributed by atoms with Gasteiger partial charge in [-0.05, 0) is 140 Å². The van der Waals surface area contributed by atoms with E-state index in [0.717, 1.165) is 83.6 Å². The molecule has 0 amide bonds. The lowest BCUT2D eigenvalue weighted by atomic mass is 9.50. The number of carboxylic acid groups (broad SMARTS) is 1. The van der Waals surface area contributed by atoms with Crippen LogP contribution in [0, 0.1) is 34.5 Å². The third-order valence-corrected chi connectivity index (χ3v) is 16.0. The molecule has 11 N–H and O–H groups in total. The summed E-state index contributed by atoms with van der Waals surface area (Å²) in [7, 11) is 1.61. The number of aliphatic hydroxyl groups excluding tert-OH is 5. The van der Waals surface area contributed by atoms with Gasteiger partial charge in [0.05, 0.1) is 74.8 Å². The van der Waals surface area contributed by atoms with E-state index in [1.807, 2.05) is 0 Å². The van der Waals surface area contributed by atoms with E-state index < -0.39 is 48.0 Å². The summed E-state index contributed by atoms with van der Waals surface area (Å²) in [5.74, 6) is -0.555. The van der Waals surface area contributed by atoms with Gasteiger partial charge in [-0.15, -0.1) is 0 Å². The molecule has 3 heterocycles. The van der Waals surface area contributed by atoms with Crippen LogP contribution >= 0.6 is 0 Å². The number of rotatable bonds is 19. The number of methoxy groups -OCH3 is 1. The maximum atomic E-state index is 12.9. The van der Waals surface area contributed by atoms with Crippen molar-refractivity contribution in [3.8, 4) is 0 Å². The smallest absolute Gasteiger partial charge is 0.303 e. The first-order chi connectivity index (χ1) is 28.8. The monoisotopic (exact) mass is 855 g/mol. The van der Waals surface area contributed by atoms with Gasteiger partial charge in [0.15, 0.2) is 0 Å². The predicted octanol–water partition coefficient (Wildman–Crippen LogP) is 2.38. The second-order valence-electron chi connectivity index (χ2n) is 20.2. The largest absolute Gasteiger partial charge is 0.481 e. The lowest BCUT2D eigenvalue weighted by molar-refractivity contribution is -0.203. The molecule has 17 atom stereocenters. The van der Waals surface area contributed by atoms with Crippen molar-refractivity contribution >= 4 is 5.97 Å². The van der Waals surface area contributed by atoms with E-state index in [0.29, 0.717) is 50.5 Å². The number of piperidine rings is 2. The molecule has 6 fully saturated rings. The number of carbonyl (C=O) groups is 1. The Morgan fingerprint density at radius 1 is 0.950 bits per heavy atom. The Labute approximate surface area is 358 Å². The summed E-state index contributed by atoms with van der Waals surface area (Å²) < 4.78 is 25.7. The quantitative estimate of drug-likeness (QED) is 0.0664. The molecule has 15 heteroatoms. The molecule has 9 unspecified atom stereocenters. The molecule has 3 saturated heterocycles. The van der Waals surface area contributed by atoms with Crippen molar-refractivity contribution in [2.45, 2.75) is 203 Å². The minimum Gasteiger partial charge on any atom is -0.481 e. The molecule has 348 valence electrons. The number of ether oxygens (including phenoxy) is 4. The van der Waals surface area contributed by atoms with Gasteiger partial charge in [0, 0.05) is 43.7 Å². The van der Waals surface area contributed by atoms with Gasteiger partial charge in [-0.2, -0.15) is 0 Å². The van der Waals surface area contributed by atoms with Gasteiger partial charge in [-0.3, -0.25) is 10.1 Å². The summed E-state index contributed by atoms with van der Waals surface area (Å²) in [4.78, 5) is 12.9. The Morgan fingerprint density at radius 2 is 1.72 bits per heavy atom.